The Morgan fingerprint density at radius 2 is 1.95 bits per heavy atom. The summed E-state index contributed by atoms with van der Waals surface area (Å²) in [4.78, 5) is 0. The maximum absolute atomic E-state index is 11.7. The van der Waals surface area contributed by atoms with Gasteiger partial charge in [-0.3, -0.25) is 0 Å². The van der Waals surface area contributed by atoms with E-state index in [1.54, 1.807) is 0 Å². The summed E-state index contributed by atoms with van der Waals surface area (Å²) in [5.74, 6) is 0. The van der Waals surface area contributed by atoms with Crippen LogP contribution in [0.5, 0.6) is 0 Å². The SMILES string of the molecule is OC(CNCCOCC(F)(F)F)COC1CCCC1. The molecule has 0 radical (unpaired) electrons. The van der Waals surface area contributed by atoms with Gasteiger partial charge >= 0.3 is 6.18 Å². The number of ether oxygens (including phenoxy) is 2. The highest BCUT2D eigenvalue weighted by Gasteiger charge is 2.27. The summed E-state index contributed by atoms with van der Waals surface area (Å²) in [6.45, 7) is -0.433. The van der Waals surface area contributed by atoms with Crippen LogP contribution in [0.25, 0.3) is 0 Å². The van der Waals surface area contributed by atoms with Crippen molar-refractivity contribution in [1.82, 2.24) is 5.32 Å². The molecule has 1 rings (SSSR count). The lowest BCUT2D eigenvalue weighted by molar-refractivity contribution is -0.173. The molecule has 1 unspecified atom stereocenters. The summed E-state index contributed by atoms with van der Waals surface area (Å²) in [5, 5.41) is 12.4. The molecular weight excluding hydrogens is 263 g/mol. The number of aliphatic hydroxyl groups is 1. The second-order valence-corrected chi connectivity index (χ2v) is 4.77. The molecule has 1 fully saturated rings. The van der Waals surface area contributed by atoms with E-state index in [9.17, 15) is 18.3 Å². The summed E-state index contributed by atoms with van der Waals surface area (Å²) in [7, 11) is 0. The molecule has 0 spiro atoms. The summed E-state index contributed by atoms with van der Waals surface area (Å²) in [6.07, 6.45) is -0.218. The fourth-order valence-electron chi connectivity index (χ4n) is 1.96. The van der Waals surface area contributed by atoms with Crippen LogP contribution in [0.4, 0.5) is 13.2 Å². The van der Waals surface area contributed by atoms with Gasteiger partial charge in [0.1, 0.15) is 6.61 Å². The van der Waals surface area contributed by atoms with Crippen molar-refractivity contribution in [2.75, 3.05) is 32.9 Å². The predicted molar refractivity (Wildman–Crippen MR) is 64.0 cm³/mol. The summed E-state index contributed by atoms with van der Waals surface area (Å²) >= 11 is 0. The lowest BCUT2D eigenvalue weighted by Crippen LogP contribution is -2.33. The van der Waals surface area contributed by atoms with Gasteiger partial charge < -0.3 is 19.9 Å². The van der Waals surface area contributed by atoms with Gasteiger partial charge in [-0.15, -0.1) is 0 Å². The first-order valence-corrected chi connectivity index (χ1v) is 6.62. The molecule has 0 aromatic rings. The van der Waals surface area contributed by atoms with E-state index in [2.05, 4.69) is 10.1 Å². The Kier molecular flexibility index (Phi) is 7.67. The third-order valence-electron chi connectivity index (χ3n) is 2.90. The smallest absolute Gasteiger partial charge is 0.389 e. The van der Waals surface area contributed by atoms with Gasteiger partial charge in [0.2, 0.25) is 0 Å². The first-order valence-electron chi connectivity index (χ1n) is 6.62. The van der Waals surface area contributed by atoms with E-state index in [1.807, 2.05) is 0 Å². The zero-order valence-corrected chi connectivity index (χ0v) is 10.9. The molecular formula is C12H22F3NO3. The molecule has 7 heteroatoms. The third kappa shape index (κ3) is 9.21. The Balaban J connectivity index is 1.88. The number of hydrogen-bond acceptors (Lipinski definition) is 4. The minimum atomic E-state index is -4.28. The Labute approximate surface area is 111 Å². The van der Waals surface area contributed by atoms with Gasteiger partial charge in [0, 0.05) is 13.1 Å². The van der Waals surface area contributed by atoms with Gasteiger partial charge in [0.05, 0.1) is 25.4 Å². The molecule has 0 aromatic carbocycles. The van der Waals surface area contributed by atoms with Crippen molar-refractivity contribution >= 4 is 0 Å². The molecule has 1 aliphatic carbocycles. The van der Waals surface area contributed by atoms with Crippen LogP contribution in [0, 0.1) is 0 Å². The van der Waals surface area contributed by atoms with E-state index in [0.717, 1.165) is 12.8 Å². The van der Waals surface area contributed by atoms with Crippen molar-refractivity contribution < 1.29 is 27.8 Å². The van der Waals surface area contributed by atoms with E-state index < -0.39 is 18.9 Å². The van der Waals surface area contributed by atoms with Gasteiger partial charge in [-0.2, -0.15) is 13.2 Å². The zero-order valence-electron chi connectivity index (χ0n) is 10.9. The summed E-state index contributed by atoms with van der Waals surface area (Å²) in [5.41, 5.74) is 0. The topological polar surface area (TPSA) is 50.7 Å². The molecule has 0 aliphatic heterocycles. The average Bonchev–Trinajstić information content (AvgIpc) is 2.82. The van der Waals surface area contributed by atoms with Crippen LogP contribution in [-0.4, -0.2) is 56.4 Å². The Morgan fingerprint density at radius 3 is 2.58 bits per heavy atom. The van der Waals surface area contributed by atoms with Crippen LogP contribution < -0.4 is 5.32 Å². The fourth-order valence-corrected chi connectivity index (χ4v) is 1.96. The largest absolute Gasteiger partial charge is 0.411 e. The van der Waals surface area contributed by atoms with Gasteiger partial charge in [-0.05, 0) is 12.8 Å². The van der Waals surface area contributed by atoms with E-state index >= 15 is 0 Å². The Bertz CT molecular complexity index is 233. The van der Waals surface area contributed by atoms with Crippen LogP contribution in [0.15, 0.2) is 0 Å². The van der Waals surface area contributed by atoms with E-state index in [-0.39, 0.29) is 25.9 Å². The summed E-state index contributed by atoms with van der Waals surface area (Å²) < 4.78 is 45.2. The molecule has 4 nitrogen and oxygen atoms in total. The molecule has 1 saturated carbocycles. The first-order chi connectivity index (χ1) is 8.97. The lowest BCUT2D eigenvalue weighted by Gasteiger charge is -2.16. The van der Waals surface area contributed by atoms with Gasteiger partial charge in [-0.1, -0.05) is 12.8 Å². The minimum absolute atomic E-state index is 0.0320. The van der Waals surface area contributed by atoms with E-state index in [4.69, 9.17) is 4.74 Å². The van der Waals surface area contributed by atoms with Crippen molar-refractivity contribution in [3.05, 3.63) is 0 Å². The normalized spacial score (nSPS) is 18.9. The van der Waals surface area contributed by atoms with Gasteiger partial charge in [0.15, 0.2) is 0 Å². The van der Waals surface area contributed by atoms with E-state index in [0.29, 0.717) is 6.54 Å². The highest BCUT2D eigenvalue weighted by Crippen LogP contribution is 2.20. The molecule has 2 N–H and O–H groups in total. The first kappa shape index (κ1) is 16.7. The molecule has 0 heterocycles. The summed E-state index contributed by atoms with van der Waals surface area (Å²) in [6, 6.07) is 0. The number of halogens is 3. The van der Waals surface area contributed by atoms with Gasteiger partial charge in [0.25, 0.3) is 0 Å². The standard InChI is InChI=1S/C12H22F3NO3/c13-12(14,15)9-18-6-5-16-7-10(17)8-19-11-3-1-2-4-11/h10-11,16-17H,1-9H2. The highest BCUT2D eigenvalue weighted by molar-refractivity contribution is 4.68. The van der Waals surface area contributed by atoms with Crippen LogP contribution in [0.1, 0.15) is 25.7 Å². The van der Waals surface area contributed by atoms with Gasteiger partial charge in [-0.25, -0.2) is 0 Å². The molecule has 0 bridgehead atoms. The van der Waals surface area contributed by atoms with Crippen LogP contribution in [0.3, 0.4) is 0 Å². The van der Waals surface area contributed by atoms with Crippen molar-refractivity contribution in [3.8, 4) is 0 Å². The maximum Gasteiger partial charge on any atom is 0.411 e. The lowest BCUT2D eigenvalue weighted by atomic mass is 10.3. The maximum atomic E-state index is 11.7. The van der Waals surface area contributed by atoms with E-state index in [1.165, 1.54) is 12.8 Å². The molecule has 1 atom stereocenters. The van der Waals surface area contributed by atoms with Crippen molar-refractivity contribution in [1.29, 1.82) is 0 Å². The average molecular weight is 285 g/mol. The predicted octanol–water partition coefficient (Wildman–Crippen LogP) is 1.47. The van der Waals surface area contributed by atoms with Crippen molar-refractivity contribution in [2.45, 2.75) is 44.1 Å². The molecule has 0 aromatic heterocycles. The van der Waals surface area contributed by atoms with Crippen LogP contribution >= 0.6 is 0 Å². The molecule has 0 saturated heterocycles. The molecule has 0 amide bonds. The zero-order chi connectivity index (χ0) is 14.1. The van der Waals surface area contributed by atoms with Crippen LogP contribution in [0.2, 0.25) is 0 Å². The van der Waals surface area contributed by atoms with Crippen molar-refractivity contribution in [3.63, 3.8) is 0 Å². The second kappa shape index (κ2) is 8.73. The minimum Gasteiger partial charge on any atom is -0.389 e. The number of rotatable bonds is 9. The quantitative estimate of drug-likeness (QED) is 0.630. The highest BCUT2D eigenvalue weighted by atomic mass is 19.4. The fraction of sp³-hybridized carbons (Fsp3) is 1.00. The van der Waals surface area contributed by atoms with Crippen molar-refractivity contribution in [2.24, 2.45) is 0 Å². The monoisotopic (exact) mass is 285 g/mol. The Hall–Kier alpha value is -0.370. The second-order valence-electron chi connectivity index (χ2n) is 4.77. The molecule has 19 heavy (non-hydrogen) atoms. The van der Waals surface area contributed by atoms with Crippen LogP contribution in [-0.2, 0) is 9.47 Å². The number of hydrogen-bond donors (Lipinski definition) is 2. The third-order valence-corrected chi connectivity index (χ3v) is 2.90. The number of alkyl halides is 3. The molecule has 1 aliphatic rings. The molecule has 114 valence electrons. The number of nitrogens with one attached hydrogen (secondary N) is 1. The number of aliphatic hydroxyl groups excluding tert-OH is 1. The Morgan fingerprint density at radius 1 is 1.26 bits per heavy atom.